The summed E-state index contributed by atoms with van der Waals surface area (Å²) in [6.07, 6.45) is 12.5. The molecule has 0 bridgehead atoms. The molecular formula is C15H26FeO2. The van der Waals surface area contributed by atoms with E-state index in [2.05, 4.69) is 6.58 Å². The monoisotopic (exact) mass is 294 g/mol. The first-order chi connectivity index (χ1) is 8.20. The van der Waals surface area contributed by atoms with E-state index in [1.165, 1.54) is 57.8 Å². The standard InChI is InChI=1S/C10H16O2.C5H10.Fe/c1-8(2)10(11)12-7-9-5-3-4-6-9;1-2-4-5-3-1;/h9H,1,3-7H2,2H3;1-5H2;. The summed E-state index contributed by atoms with van der Waals surface area (Å²) in [5.41, 5.74) is 0.494. The number of carbonyl (C=O) groups is 1. The average molecular weight is 294 g/mol. The van der Waals surface area contributed by atoms with Crippen molar-refractivity contribution in [2.45, 2.75) is 64.7 Å². The van der Waals surface area contributed by atoms with E-state index >= 15 is 0 Å². The second kappa shape index (κ2) is 10.6. The van der Waals surface area contributed by atoms with Crippen molar-refractivity contribution in [1.29, 1.82) is 0 Å². The molecule has 0 radical (unpaired) electrons. The summed E-state index contributed by atoms with van der Waals surface area (Å²) < 4.78 is 5.05. The summed E-state index contributed by atoms with van der Waals surface area (Å²) >= 11 is 0. The van der Waals surface area contributed by atoms with Gasteiger partial charge in [0.05, 0.1) is 6.61 Å². The largest absolute Gasteiger partial charge is 0.462 e. The number of esters is 1. The van der Waals surface area contributed by atoms with Crippen molar-refractivity contribution in [3.05, 3.63) is 12.2 Å². The van der Waals surface area contributed by atoms with Gasteiger partial charge in [-0.15, -0.1) is 0 Å². The topological polar surface area (TPSA) is 26.3 Å². The van der Waals surface area contributed by atoms with Gasteiger partial charge in [0.2, 0.25) is 0 Å². The maximum absolute atomic E-state index is 11.0. The quantitative estimate of drug-likeness (QED) is 0.442. The minimum atomic E-state index is -0.248. The third-order valence-corrected chi connectivity index (χ3v) is 3.52. The fourth-order valence-electron chi connectivity index (χ4n) is 2.38. The molecule has 2 nitrogen and oxygen atoms in total. The molecule has 3 heteroatoms. The van der Waals surface area contributed by atoms with Crippen LogP contribution >= 0.6 is 0 Å². The Morgan fingerprint density at radius 1 is 1.06 bits per heavy atom. The van der Waals surface area contributed by atoms with Crippen molar-refractivity contribution in [1.82, 2.24) is 0 Å². The van der Waals surface area contributed by atoms with E-state index in [9.17, 15) is 4.79 Å². The SMILES string of the molecule is C1CCCC1.C=C(C)C(=O)OCC1CCCC1.[Fe]. The summed E-state index contributed by atoms with van der Waals surface area (Å²) in [5.74, 6) is 0.357. The second-order valence-corrected chi connectivity index (χ2v) is 5.30. The molecule has 0 saturated heterocycles. The summed E-state index contributed by atoms with van der Waals surface area (Å²) in [6, 6.07) is 0. The molecule has 0 heterocycles. The zero-order chi connectivity index (χ0) is 12.5. The Hall–Kier alpha value is -0.271. The van der Waals surface area contributed by atoms with E-state index < -0.39 is 0 Å². The van der Waals surface area contributed by atoms with Crippen LogP contribution in [0.25, 0.3) is 0 Å². The molecule has 0 unspecified atom stereocenters. The molecule has 18 heavy (non-hydrogen) atoms. The predicted octanol–water partition coefficient (Wildman–Crippen LogP) is 4.24. The van der Waals surface area contributed by atoms with Crippen LogP contribution in [0.2, 0.25) is 0 Å². The van der Waals surface area contributed by atoms with E-state index in [-0.39, 0.29) is 23.0 Å². The predicted molar refractivity (Wildman–Crippen MR) is 70.8 cm³/mol. The van der Waals surface area contributed by atoms with Gasteiger partial charge in [0.15, 0.2) is 0 Å². The van der Waals surface area contributed by atoms with Crippen LogP contribution in [0.3, 0.4) is 0 Å². The van der Waals surface area contributed by atoms with Crippen LogP contribution in [-0.2, 0) is 26.6 Å². The van der Waals surface area contributed by atoms with E-state index in [4.69, 9.17) is 4.74 Å². The molecular weight excluding hydrogens is 268 g/mol. The van der Waals surface area contributed by atoms with Crippen LogP contribution in [0.15, 0.2) is 12.2 Å². The summed E-state index contributed by atoms with van der Waals surface area (Å²) in [7, 11) is 0. The molecule has 2 fully saturated rings. The van der Waals surface area contributed by atoms with Gasteiger partial charge in [-0.3, -0.25) is 0 Å². The summed E-state index contributed by atoms with van der Waals surface area (Å²) in [6.45, 7) is 5.79. The number of carbonyl (C=O) groups excluding carboxylic acids is 1. The number of ether oxygens (including phenoxy) is 1. The van der Waals surface area contributed by atoms with Crippen LogP contribution in [0.4, 0.5) is 0 Å². The van der Waals surface area contributed by atoms with Crippen LogP contribution < -0.4 is 0 Å². The Balaban J connectivity index is 0.000000405. The fraction of sp³-hybridized carbons (Fsp3) is 0.800. The molecule has 0 aromatic carbocycles. The third kappa shape index (κ3) is 7.94. The normalized spacial score (nSPS) is 18.5. The van der Waals surface area contributed by atoms with Crippen molar-refractivity contribution in [2.75, 3.05) is 6.61 Å². The molecule has 0 N–H and O–H groups in total. The number of hydrogen-bond acceptors (Lipinski definition) is 2. The zero-order valence-electron chi connectivity index (χ0n) is 11.5. The van der Waals surface area contributed by atoms with Crippen molar-refractivity contribution >= 4 is 5.97 Å². The summed E-state index contributed by atoms with van der Waals surface area (Å²) in [4.78, 5) is 11.0. The Morgan fingerprint density at radius 3 is 1.89 bits per heavy atom. The van der Waals surface area contributed by atoms with E-state index in [1.54, 1.807) is 6.92 Å². The molecule has 0 spiro atoms. The van der Waals surface area contributed by atoms with Crippen LogP contribution in [0.5, 0.6) is 0 Å². The summed E-state index contributed by atoms with van der Waals surface area (Å²) in [5, 5.41) is 0. The Bertz CT molecular complexity index is 233. The first-order valence-corrected chi connectivity index (χ1v) is 7.03. The number of rotatable bonds is 3. The van der Waals surface area contributed by atoms with Crippen molar-refractivity contribution in [2.24, 2.45) is 5.92 Å². The molecule has 2 aliphatic rings. The molecule has 0 atom stereocenters. The zero-order valence-corrected chi connectivity index (χ0v) is 12.6. The van der Waals surface area contributed by atoms with E-state index in [0.29, 0.717) is 18.1 Å². The van der Waals surface area contributed by atoms with E-state index in [1.807, 2.05) is 0 Å². The molecule has 0 aromatic rings. The van der Waals surface area contributed by atoms with Gasteiger partial charge in [0, 0.05) is 22.6 Å². The average Bonchev–Trinajstić information content (AvgIpc) is 3.00. The van der Waals surface area contributed by atoms with Gasteiger partial charge >= 0.3 is 5.97 Å². The van der Waals surface area contributed by atoms with Gasteiger partial charge in [-0.25, -0.2) is 4.79 Å². The molecule has 2 saturated carbocycles. The minimum absolute atomic E-state index is 0. The van der Waals surface area contributed by atoms with Crippen molar-refractivity contribution in [3.63, 3.8) is 0 Å². The van der Waals surface area contributed by atoms with Gasteiger partial charge in [-0.1, -0.05) is 51.5 Å². The van der Waals surface area contributed by atoms with Gasteiger partial charge in [-0.2, -0.15) is 0 Å². The third-order valence-electron chi connectivity index (χ3n) is 3.52. The van der Waals surface area contributed by atoms with Crippen molar-refractivity contribution < 1.29 is 26.6 Å². The van der Waals surface area contributed by atoms with Gasteiger partial charge in [0.1, 0.15) is 0 Å². The Kier molecular flexibility index (Phi) is 10.5. The Morgan fingerprint density at radius 2 is 1.50 bits per heavy atom. The van der Waals surface area contributed by atoms with Gasteiger partial charge < -0.3 is 4.74 Å². The minimum Gasteiger partial charge on any atom is -0.462 e. The number of hydrogen-bond donors (Lipinski definition) is 0. The maximum Gasteiger partial charge on any atom is 0.333 e. The second-order valence-electron chi connectivity index (χ2n) is 5.30. The fourth-order valence-corrected chi connectivity index (χ4v) is 2.38. The van der Waals surface area contributed by atoms with Gasteiger partial charge in [0.25, 0.3) is 0 Å². The smallest absolute Gasteiger partial charge is 0.333 e. The molecule has 2 aliphatic carbocycles. The van der Waals surface area contributed by atoms with Crippen molar-refractivity contribution in [3.8, 4) is 0 Å². The molecule has 0 aliphatic heterocycles. The molecule has 0 aromatic heterocycles. The Labute approximate surface area is 122 Å². The van der Waals surface area contributed by atoms with Crippen LogP contribution in [0.1, 0.15) is 64.7 Å². The van der Waals surface area contributed by atoms with E-state index in [0.717, 1.165) is 0 Å². The van der Waals surface area contributed by atoms with Gasteiger partial charge in [-0.05, 0) is 25.7 Å². The molecule has 2 rings (SSSR count). The molecule has 106 valence electrons. The first-order valence-electron chi connectivity index (χ1n) is 7.03. The molecule has 0 amide bonds. The first kappa shape index (κ1) is 17.7. The maximum atomic E-state index is 11.0. The van der Waals surface area contributed by atoms with Crippen LogP contribution in [0, 0.1) is 5.92 Å². The van der Waals surface area contributed by atoms with Crippen LogP contribution in [-0.4, -0.2) is 12.6 Å².